The molecular weight excluding hydrogens is 337 g/mol. The Hall–Kier alpha value is 0. The smallest absolute Gasteiger partial charge is 0.190 e. The molecule has 18 heavy (non-hydrogen) atoms. The van der Waals surface area contributed by atoms with E-state index < -0.39 is 0 Å². The van der Waals surface area contributed by atoms with Gasteiger partial charge in [-0.25, -0.2) is 0 Å². The monoisotopic (exact) mass is 367 g/mol. The Morgan fingerprint density at radius 2 is 1.89 bits per heavy atom. The highest BCUT2D eigenvalue weighted by atomic mass is 127. The Bertz CT molecular complexity index is 223. The van der Waals surface area contributed by atoms with Crippen LogP contribution in [-0.2, 0) is 0 Å². The van der Waals surface area contributed by atoms with Gasteiger partial charge in [-0.15, -0.1) is 24.0 Å². The first-order valence-corrected chi connectivity index (χ1v) is 7.17. The number of nitrogens with one attached hydrogen (secondary N) is 2. The Kier molecular flexibility index (Phi) is 10.9. The van der Waals surface area contributed by atoms with Crippen LogP contribution in [0.5, 0.6) is 0 Å². The minimum atomic E-state index is 0. The van der Waals surface area contributed by atoms with Crippen LogP contribution in [0.1, 0.15) is 52.4 Å². The molecule has 3 nitrogen and oxygen atoms in total. The van der Waals surface area contributed by atoms with Crippen molar-refractivity contribution in [2.45, 2.75) is 52.4 Å². The van der Waals surface area contributed by atoms with Crippen LogP contribution in [0.15, 0.2) is 4.99 Å². The molecule has 1 saturated carbocycles. The average molecular weight is 367 g/mol. The van der Waals surface area contributed by atoms with Crippen LogP contribution in [-0.4, -0.2) is 26.1 Å². The summed E-state index contributed by atoms with van der Waals surface area (Å²) in [5.74, 6) is 2.61. The molecule has 0 radical (unpaired) electrons. The Morgan fingerprint density at radius 3 is 2.44 bits per heavy atom. The molecule has 0 saturated heterocycles. The van der Waals surface area contributed by atoms with Crippen LogP contribution in [0.25, 0.3) is 0 Å². The molecule has 0 heterocycles. The van der Waals surface area contributed by atoms with Crippen LogP contribution >= 0.6 is 24.0 Å². The Balaban J connectivity index is 0.00000289. The second-order valence-electron chi connectivity index (χ2n) is 5.57. The number of nitrogens with zero attached hydrogens (tertiary/aromatic N) is 1. The lowest BCUT2D eigenvalue weighted by Crippen LogP contribution is -2.39. The molecule has 0 aromatic heterocycles. The second-order valence-corrected chi connectivity index (χ2v) is 5.57. The molecule has 0 amide bonds. The number of halogens is 1. The number of aliphatic imine (C=N–C) groups is 1. The van der Waals surface area contributed by atoms with Crippen LogP contribution < -0.4 is 10.6 Å². The van der Waals surface area contributed by atoms with Gasteiger partial charge in [0.15, 0.2) is 5.96 Å². The fraction of sp³-hybridized carbons (Fsp3) is 0.929. The van der Waals surface area contributed by atoms with Gasteiger partial charge < -0.3 is 10.6 Å². The summed E-state index contributed by atoms with van der Waals surface area (Å²) in [6.45, 7) is 6.46. The topological polar surface area (TPSA) is 36.4 Å². The van der Waals surface area contributed by atoms with Gasteiger partial charge in [-0.1, -0.05) is 39.5 Å². The Morgan fingerprint density at radius 1 is 1.22 bits per heavy atom. The maximum absolute atomic E-state index is 4.22. The van der Waals surface area contributed by atoms with Gasteiger partial charge >= 0.3 is 0 Å². The van der Waals surface area contributed by atoms with E-state index in [0.717, 1.165) is 25.0 Å². The van der Waals surface area contributed by atoms with Crippen molar-refractivity contribution < 1.29 is 0 Å². The first-order chi connectivity index (χ1) is 8.22. The molecule has 1 rings (SSSR count). The molecule has 0 bridgehead atoms. The highest BCUT2D eigenvalue weighted by Gasteiger charge is 2.13. The SMILES string of the molecule is CN=C(NCCCC1CCCC1)NCC(C)C.I. The van der Waals surface area contributed by atoms with Crippen molar-refractivity contribution in [2.75, 3.05) is 20.1 Å². The largest absolute Gasteiger partial charge is 0.356 e. The molecule has 0 aromatic carbocycles. The van der Waals surface area contributed by atoms with E-state index in [0.29, 0.717) is 5.92 Å². The number of hydrogen-bond donors (Lipinski definition) is 2. The van der Waals surface area contributed by atoms with Gasteiger partial charge in [0.1, 0.15) is 0 Å². The quantitative estimate of drug-likeness (QED) is 0.327. The third kappa shape index (κ3) is 8.16. The van der Waals surface area contributed by atoms with Crippen molar-refractivity contribution in [3.8, 4) is 0 Å². The van der Waals surface area contributed by atoms with Crippen molar-refractivity contribution in [2.24, 2.45) is 16.8 Å². The lowest BCUT2D eigenvalue weighted by molar-refractivity contribution is 0.481. The van der Waals surface area contributed by atoms with Gasteiger partial charge in [0.25, 0.3) is 0 Å². The number of guanidine groups is 1. The summed E-state index contributed by atoms with van der Waals surface area (Å²) < 4.78 is 0. The standard InChI is InChI=1S/C14H29N3.HI/c1-12(2)11-17-14(15-3)16-10-6-9-13-7-4-5-8-13;/h12-13H,4-11H2,1-3H3,(H2,15,16,17);1H. The molecule has 0 spiro atoms. The van der Waals surface area contributed by atoms with E-state index in [1.807, 2.05) is 7.05 Å². The zero-order chi connectivity index (χ0) is 12.5. The predicted octanol–water partition coefficient (Wildman–Crippen LogP) is 3.40. The number of hydrogen-bond acceptors (Lipinski definition) is 1. The highest BCUT2D eigenvalue weighted by Crippen LogP contribution is 2.28. The van der Waals surface area contributed by atoms with E-state index in [1.54, 1.807) is 0 Å². The molecule has 0 aromatic rings. The molecule has 0 aliphatic heterocycles. The second kappa shape index (κ2) is 10.9. The van der Waals surface area contributed by atoms with E-state index in [9.17, 15) is 0 Å². The van der Waals surface area contributed by atoms with Crippen molar-refractivity contribution in [1.82, 2.24) is 10.6 Å². The van der Waals surface area contributed by atoms with Crippen molar-refractivity contribution in [3.05, 3.63) is 0 Å². The minimum Gasteiger partial charge on any atom is -0.356 e. The van der Waals surface area contributed by atoms with E-state index in [-0.39, 0.29) is 24.0 Å². The molecule has 2 N–H and O–H groups in total. The van der Waals surface area contributed by atoms with Crippen LogP contribution in [0.2, 0.25) is 0 Å². The zero-order valence-electron chi connectivity index (χ0n) is 12.2. The molecule has 108 valence electrons. The lowest BCUT2D eigenvalue weighted by atomic mass is 10.0. The maximum Gasteiger partial charge on any atom is 0.190 e. The summed E-state index contributed by atoms with van der Waals surface area (Å²) >= 11 is 0. The Labute approximate surface area is 130 Å². The fourth-order valence-corrected chi connectivity index (χ4v) is 2.42. The molecule has 1 aliphatic carbocycles. The third-order valence-corrected chi connectivity index (χ3v) is 3.46. The van der Waals surface area contributed by atoms with E-state index in [1.165, 1.54) is 38.5 Å². The summed E-state index contributed by atoms with van der Waals surface area (Å²) in [5, 5.41) is 6.72. The van der Waals surface area contributed by atoms with Gasteiger partial charge in [-0.3, -0.25) is 4.99 Å². The van der Waals surface area contributed by atoms with Crippen LogP contribution in [0.4, 0.5) is 0 Å². The summed E-state index contributed by atoms with van der Waals surface area (Å²) in [7, 11) is 1.84. The van der Waals surface area contributed by atoms with Gasteiger partial charge in [0.05, 0.1) is 0 Å². The van der Waals surface area contributed by atoms with Crippen molar-refractivity contribution in [1.29, 1.82) is 0 Å². The van der Waals surface area contributed by atoms with E-state index in [2.05, 4.69) is 29.5 Å². The molecule has 4 heteroatoms. The van der Waals surface area contributed by atoms with Crippen LogP contribution in [0.3, 0.4) is 0 Å². The van der Waals surface area contributed by atoms with Gasteiger partial charge in [0.2, 0.25) is 0 Å². The molecule has 1 fully saturated rings. The van der Waals surface area contributed by atoms with Crippen molar-refractivity contribution >= 4 is 29.9 Å². The number of rotatable bonds is 6. The summed E-state index contributed by atoms with van der Waals surface area (Å²) in [4.78, 5) is 4.22. The molecule has 1 aliphatic rings. The first kappa shape index (κ1) is 18.0. The average Bonchev–Trinajstić information content (AvgIpc) is 2.81. The van der Waals surface area contributed by atoms with Gasteiger partial charge in [0, 0.05) is 20.1 Å². The summed E-state index contributed by atoms with van der Waals surface area (Å²) in [5.41, 5.74) is 0. The maximum atomic E-state index is 4.22. The summed E-state index contributed by atoms with van der Waals surface area (Å²) in [6, 6.07) is 0. The van der Waals surface area contributed by atoms with Crippen LogP contribution in [0, 0.1) is 11.8 Å². The fourth-order valence-electron chi connectivity index (χ4n) is 2.42. The van der Waals surface area contributed by atoms with E-state index >= 15 is 0 Å². The predicted molar refractivity (Wildman–Crippen MR) is 90.8 cm³/mol. The lowest BCUT2D eigenvalue weighted by Gasteiger charge is -2.14. The zero-order valence-corrected chi connectivity index (χ0v) is 14.5. The molecule has 0 unspecified atom stereocenters. The van der Waals surface area contributed by atoms with Crippen molar-refractivity contribution in [3.63, 3.8) is 0 Å². The van der Waals surface area contributed by atoms with Gasteiger partial charge in [-0.05, 0) is 24.7 Å². The first-order valence-electron chi connectivity index (χ1n) is 7.17. The summed E-state index contributed by atoms with van der Waals surface area (Å²) in [6.07, 6.45) is 8.48. The minimum absolute atomic E-state index is 0. The molecular formula is C14H30IN3. The van der Waals surface area contributed by atoms with Gasteiger partial charge in [-0.2, -0.15) is 0 Å². The third-order valence-electron chi connectivity index (χ3n) is 3.46. The van der Waals surface area contributed by atoms with E-state index in [4.69, 9.17) is 0 Å². The highest BCUT2D eigenvalue weighted by molar-refractivity contribution is 14.0. The molecule has 0 atom stereocenters. The normalized spacial score (nSPS) is 16.8.